The summed E-state index contributed by atoms with van der Waals surface area (Å²) < 4.78 is 3.15. The normalized spacial score (nSPS) is 19.6. The molecule has 1 fully saturated rings. The van der Waals surface area contributed by atoms with E-state index in [1.807, 2.05) is 0 Å². The van der Waals surface area contributed by atoms with Gasteiger partial charge in [-0.25, -0.2) is 0 Å². The maximum atomic E-state index is 4.69. The predicted molar refractivity (Wildman–Crippen MR) is 73.2 cm³/mol. The van der Waals surface area contributed by atoms with Crippen LogP contribution in [0.25, 0.3) is 10.9 Å². The van der Waals surface area contributed by atoms with Crippen molar-refractivity contribution < 1.29 is 0 Å². The molecule has 90 valence electrons. The molecule has 0 atom stereocenters. The van der Waals surface area contributed by atoms with Crippen molar-refractivity contribution in [3.63, 3.8) is 0 Å². The summed E-state index contributed by atoms with van der Waals surface area (Å²) in [6.07, 6.45) is 2.26. The minimum atomic E-state index is 0.136. The zero-order chi connectivity index (χ0) is 11.9. The molecule has 1 aliphatic heterocycles. The first-order chi connectivity index (χ1) is 8.21. The highest BCUT2D eigenvalue weighted by Crippen LogP contribution is 2.32. The van der Waals surface area contributed by atoms with Crippen LogP contribution in [0.4, 0.5) is 0 Å². The minimum Gasteiger partial charge on any atom is -0.317 e. The van der Waals surface area contributed by atoms with Gasteiger partial charge in [0.2, 0.25) is 0 Å². The van der Waals surface area contributed by atoms with Gasteiger partial charge < -0.3 is 5.32 Å². The van der Waals surface area contributed by atoms with E-state index in [1.165, 1.54) is 10.9 Å². The van der Waals surface area contributed by atoms with Gasteiger partial charge in [-0.05, 0) is 54.9 Å². The Kier molecular flexibility index (Phi) is 2.71. The van der Waals surface area contributed by atoms with E-state index < -0.39 is 0 Å². The topological polar surface area (TPSA) is 29.9 Å². The van der Waals surface area contributed by atoms with Crippen LogP contribution in [0.3, 0.4) is 0 Å². The van der Waals surface area contributed by atoms with Crippen LogP contribution in [0.5, 0.6) is 0 Å². The number of rotatable bonds is 1. The fourth-order valence-corrected chi connectivity index (χ4v) is 3.11. The van der Waals surface area contributed by atoms with E-state index in [9.17, 15) is 0 Å². The molecule has 3 nitrogen and oxygen atoms in total. The molecule has 2 aromatic rings. The lowest BCUT2D eigenvalue weighted by Crippen LogP contribution is -2.42. The molecule has 1 aromatic heterocycles. The van der Waals surface area contributed by atoms with Crippen LogP contribution in [0.1, 0.15) is 19.8 Å². The van der Waals surface area contributed by atoms with E-state index in [-0.39, 0.29) is 5.54 Å². The number of halogens is 1. The van der Waals surface area contributed by atoms with Gasteiger partial charge in [-0.3, -0.25) is 4.68 Å². The van der Waals surface area contributed by atoms with E-state index >= 15 is 0 Å². The summed E-state index contributed by atoms with van der Waals surface area (Å²) >= 11 is 3.56. The summed E-state index contributed by atoms with van der Waals surface area (Å²) in [6, 6.07) is 8.41. The molecule has 0 unspecified atom stereocenters. The first-order valence-corrected chi connectivity index (χ1v) is 6.84. The number of para-hydroxylation sites is 1. The number of hydrogen-bond donors (Lipinski definition) is 1. The number of nitrogens with zero attached hydrogens (tertiary/aromatic N) is 2. The van der Waals surface area contributed by atoms with Gasteiger partial charge in [-0.1, -0.05) is 18.2 Å². The summed E-state index contributed by atoms with van der Waals surface area (Å²) in [7, 11) is 0. The Labute approximate surface area is 109 Å². The lowest BCUT2D eigenvalue weighted by atomic mass is 9.90. The van der Waals surface area contributed by atoms with E-state index in [2.05, 4.69) is 57.1 Å². The van der Waals surface area contributed by atoms with Gasteiger partial charge in [0.1, 0.15) is 4.60 Å². The van der Waals surface area contributed by atoms with Gasteiger partial charge in [0, 0.05) is 5.39 Å². The molecule has 1 aliphatic rings. The number of nitrogens with one attached hydrogen (secondary N) is 1. The molecule has 1 saturated heterocycles. The zero-order valence-electron chi connectivity index (χ0n) is 9.91. The van der Waals surface area contributed by atoms with Crippen molar-refractivity contribution in [2.75, 3.05) is 13.1 Å². The fourth-order valence-electron chi connectivity index (χ4n) is 2.62. The average molecular weight is 294 g/mol. The second kappa shape index (κ2) is 4.10. The number of piperidine rings is 1. The average Bonchev–Trinajstić information content (AvgIpc) is 2.69. The smallest absolute Gasteiger partial charge is 0.136 e. The second-order valence-corrected chi connectivity index (χ2v) is 5.72. The Balaban J connectivity index is 2.16. The first kappa shape index (κ1) is 11.2. The van der Waals surface area contributed by atoms with Crippen LogP contribution in [0.15, 0.2) is 28.9 Å². The Morgan fingerprint density at radius 1 is 1.29 bits per heavy atom. The van der Waals surface area contributed by atoms with Crippen LogP contribution >= 0.6 is 15.9 Å². The molecule has 0 amide bonds. The Morgan fingerprint density at radius 2 is 2.00 bits per heavy atom. The van der Waals surface area contributed by atoms with Crippen molar-refractivity contribution in [2.24, 2.45) is 0 Å². The number of benzene rings is 1. The van der Waals surface area contributed by atoms with Crippen molar-refractivity contribution in [1.82, 2.24) is 15.1 Å². The molecule has 0 radical (unpaired) electrons. The van der Waals surface area contributed by atoms with E-state index in [0.29, 0.717) is 0 Å². The van der Waals surface area contributed by atoms with Crippen molar-refractivity contribution in [3.8, 4) is 0 Å². The van der Waals surface area contributed by atoms with E-state index in [4.69, 9.17) is 5.10 Å². The second-order valence-electron chi connectivity index (χ2n) is 4.97. The molecule has 2 heterocycles. The van der Waals surface area contributed by atoms with Gasteiger partial charge in [0.05, 0.1) is 11.1 Å². The maximum absolute atomic E-state index is 4.69. The molecule has 3 rings (SSSR count). The third-order valence-corrected chi connectivity index (χ3v) is 4.32. The quantitative estimate of drug-likeness (QED) is 0.876. The molecule has 17 heavy (non-hydrogen) atoms. The summed E-state index contributed by atoms with van der Waals surface area (Å²) in [5.74, 6) is 0. The standard InChI is InChI=1S/C13H16BrN3/c1-13(6-8-15-9-7-13)17-11-5-3-2-4-10(11)12(14)16-17/h2-5,15H,6-9H2,1H3. The van der Waals surface area contributed by atoms with E-state index in [1.54, 1.807) is 0 Å². The SMILES string of the molecule is CC1(n2nc(Br)c3ccccc32)CCNCC1. The van der Waals surface area contributed by atoms with Crippen LogP contribution in [0.2, 0.25) is 0 Å². The molecular weight excluding hydrogens is 278 g/mol. The van der Waals surface area contributed by atoms with Crippen molar-refractivity contribution in [1.29, 1.82) is 0 Å². The van der Waals surface area contributed by atoms with Crippen LogP contribution in [-0.4, -0.2) is 22.9 Å². The van der Waals surface area contributed by atoms with Gasteiger partial charge in [-0.2, -0.15) is 5.10 Å². The molecular formula is C13H16BrN3. The monoisotopic (exact) mass is 293 g/mol. The number of aromatic nitrogens is 2. The van der Waals surface area contributed by atoms with Crippen LogP contribution in [0, 0.1) is 0 Å². The highest BCUT2D eigenvalue weighted by Gasteiger charge is 2.31. The van der Waals surface area contributed by atoms with Gasteiger partial charge in [0.15, 0.2) is 0 Å². The minimum absolute atomic E-state index is 0.136. The molecule has 0 saturated carbocycles. The molecule has 1 aromatic carbocycles. The first-order valence-electron chi connectivity index (χ1n) is 6.05. The molecule has 0 spiro atoms. The van der Waals surface area contributed by atoms with Crippen molar-refractivity contribution >= 4 is 26.8 Å². The Hall–Kier alpha value is -0.870. The molecule has 0 aliphatic carbocycles. The van der Waals surface area contributed by atoms with Crippen molar-refractivity contribution in [2.45, 2.75) is 25.3 Å². The van der Waals surface area contributed by atoms with Crippen molar-refractivity contribution in [3.05, 3.63) is 28.9 Å². The lowest BCUT2D eigenvalue weighted by molar-refractivity contribution is 0.216. The zero-order valence-corrected chi connectivity index (χ0v) is 11.5. The number of hydrogen-bond acceptors (Lipinski definition) is 2. The third-order valence-electron chi connectivity index (χ3n) is 3.73. The Morgan fingerprint density at radius 3 is 2.76 bits per heavy atom. The lowest BCUT2D eigenvalue weighted by Gasteiger charge is -2.35. The molecule has 1 N–H and O–H groups in total. The number of fused-ring (bicyclic) bond motifs is 1. The van der Waals surface area contributed by atoms with E-state index in [0.717, 1.165) is 30.5 Å². The highest BCUT2D eigenvalue weighted by atomic mass is 79.9. The fraction of sp³-hybridized carbons (Fsp3) is 0.462. The summed E-state index contributed by atoms with van der Waals surface area (Å²) in [5, 5.41) is 9.30. The summed E-state index contributed by atoms with van der Waals surface area (Å²) in [6.45, 7) is 4.45. The maximum Gasteiger partial charge on any atom is 0.136 e. The predicted octanol–water partition coefficient (Wildman–Crippen LogP) is 2.90. The summed E-state index contributed by atoms with van der Waals surface area (Å²) in [4.78, 5) is 0. The van der Waals surface area contributed by atoms with Gasteiger partial charge in [-0.15, -0.1) is 0 Å². The van der Waals surface area contributed by atoms with Gasteiger partial charge in [0.25, 0.3) is 0 Å². The Bertz CT molecular complexity index is 541. The summed E-state index contributed by atoms with van der Waals surface area (Å²) in [5.41, 5.74) is 1.36. The van der Waals surface area contributed by atoms with Crippen LogP contribution < -0.4 is 5.32 Å². The molecule has 4 heteroatoms. The van der Waals surface area contributed by atoms with Gasteiger partial charge >= 0.3 is 0 Å². The highest BCUT2D eigenvalue weighted by molar-refractivity contribution is 9.10. The molecule has 0 bridgehead atoms. The largest absolute Gasteiger partial charge is 0.317 e. The van der Waals surface area contributed by atoms with Crippen LogP contribution in [-0.2, 0) is 5.54 Å². The third kappa shape index (κ3) is 1.79.